The number of halogens is 3. The van der Waals surface area contributed by atoms with Gasteiger partial charge in [0.1, 0.15) is 21.8 Å². The molecule has 0 unspecified atom stereocenters. The summed E-state index contributed by atoms with van der Waals surface area (Å²) in [6.45, 7) is 2.24. The lowest BCUT2D eigenvalue weighted by Crippen LogP contribution is -2.37. The number of carbonyl (C=O) groups excluding carboxylic acids is 2. The third-order valence-electron chi connectivity index (χ3n) is 5.31. The molecule has 36 heavy (non-hydrogen) atoms. The molecule has 1 aliphatic heterocycles. The van der Waals surface area contributed by atoms with Crippen LogP contribution in [0.25, 0.3) is 11.8 Å². The summed E-state index contributed by atoms with van der Waals surface area (Å²) in [5.74, 6) is -1.34. The molecule has 1 saturated heterocycles. The maximum Gasteiger partial charge on any atom is 0.405 e. The highest BCUT2D eigenvalue weighted by molar-refractivity contribution is 7.07. The molecule has 0 aliphatic carbocycles. The molecule has 2 heterocycles. The maximum absolute atomic E-state index is 12.8. The lowest BCUT2D eigenvalue weighted by Gasteiger charge is -2.14. The number of hydrogen-bond acceptors (Lipinski definition) is 7. The van der Waals surface area contributed by atoms with Crippen molar-refractivity contribution in [3.8, 4) is 6.07 Å². The maximum atomic E-state index is 12.8. The smallest absolute Gasteiger partial charge is 0.360 e. The molecule has 192 valence electrons. The topological polar surface area (TPSA) is 119 Å². The molecule has 1 fully saturated rings. The molecule has 9 nitrogen and oxygen atoms in total. The zero-order valence-electron chi connectivity index (χ0n) is 19.4. The van der Waals surface area contributed by atoms with Gasteiger partial charge in [-0.3, -0.25) is 23.9 Å². The van der Waals surface area contributed by atoms with Crippen molar-refractivity contribution in [3.05, 3.63) is 43.8 Å². The largest absolute Gasteiger partial charge is 0.405 e. The van der Waals surface area contributed by atoms with Crippen LogP contribution in [-0.4, -0.2) is 53.6 Å². The summed E-state index contributed by atoms with van der Waals surface area (Å²) in [5.41, 5.74) is 0.0534. The minimum Gasteiger partial charge on any atom is -0.360 e. The first-order valence-corrected chi connectivity index (χ1v) is 12.0. The second kappa shape index (κ2) is 11.9. The summed E-state index contributed by atoms with van der Waals surface area (Å²) in [6, 6.07) is 8.46. The van der Waals surface area contributed by atoms with E-state index in [1.807, 2.05) is 0 Å². The molecule has 3 rings (SSSR count). The molecule has 3 N–H and O–H groups in total. The van der Waals surface area contributed by atoms with Gasteiger partial charge in [0.25, 0.3) is 11.5 Å². The van der Waals surface area contributed by atoms with Crippen molar-refractivity contribution in [2.45, 2.75) is 32.5 Å². The van der Waals surface area contributed by atoms with Gasteiger partial charge in [-0.25, -0.2) is 0 Å². The summed E-state index contributed by atoms with van der Waals surface area (Å²) in [7, 11) is 0. The quantitative estimate of drug-likeness (QED) is 0.479. The van der Waals surface area contributed by atoms with E-state index >= 15 is 0 Å². The van der Waals surface area contributed by atoms with Crippen molar-refractivity contribution < 1.29 is 22.8 Å². The Kier molecular flexibility index (Phi) is 8.89. The molecule has 1 aliphatic rings. The number of rotatable bonds is 8. The van der Waals surface area contributed by atoms with E-state index in [1.54, 1.807) is 42.6 Å². The van der Waals surface area contributed by atoms with Gasteiger partial charge in [0.2, 0.25) is 5.91 Å². The third kappa shape index (κ3) is 7.19. The SMILES string of the molecule is CCn1c(=O)/c(=C\Nc2cccc(NC(=O)CN3CCCC3)c2)s/c1=C(/C#N)C(=O)NCC(F)(F)F. The van der Waals surface area contributed by atoms with Gasteiger partial charge in [-0.05, 0) is 51.1 Å². The number of nitrogens with zero attached hydrogens (tertiary/aromatic N) is 3. The predicted molar refractivity (Wildman–Crippen MR) is 130 cm³/mol. The Morgan fingerprint density at radius 1 is 1.22 bits per heavy atom. The molecule has 1 aromatic carbocycles. The van der Waals surface area contributed by atoms with Gasteiger partial charge in [-0.15, -0.1) is 11.3 Å². The van der Waals surface area contributed by atoms with E-state index in [1.165, 1.54) is 6.20 Å². The van der Waals surface area contributed by atoms with E-state index in [2.05, 4.69) is 15.5 Å². The average Bonchev–Trinajstić information content (AvgIpc) is 3.44. The summed E-state index contributed by atoms with van der Waals surface area (Å²) >= 11 is 0.812. The number of aromatic nitrogens is 1. The fourth-order valence-electron chi connectivity index (χ4n) is 3.64. The van der Waals surface area contributed by atoms with Crippen molar-refractivity contribution in [1.82, 2.24) is 14.8 Å². The Morgan fingerprint density at radius 3 is 2.56 bits per heavy atom. The Bertz CT molecular complexity index is 1340. The molecule has 13 heteroatoms. The second-order valence-corrected chi connectivity index (χ2v) is 9.04. The Labute approximate surface area is 208 Å². The number of hydrogen-bond donors (Lipinski definition) is 3. The van der Waals surface area contributed by atoms with Crippen LogP contribution in [0.4, 0.5) is 24.5 Å². The van der Waals surface area contributed by atoms with Crippen LogP contribution in [0.1, 0.15) is 19.8 Å². The summed E-state index contributed by atoms with van der Waals surface area (Å²) in [6.07, 6.45) is -1.09. The van der Waals surface area contributed by atoms with E-state index in [0.717, 1.165) is 41.8 Å². The highest BCUT2D eigenvalue weighted by Crippen LogP contribution is 2.16. The lowest BCUT2D eigenvalue weighted by atomic mass is 10.2. The van der Waals surface area contributed by atoms with Crippen LogP contribution >= 0.6 is 11.3 Å². The van der Waals surface area contributed by atoms with Crippen molar-refractivity contribution in [2.24, 2.45) is 0 Å². The second-order valence-electron chi connectivity index (χ2n) is 8.01. The number of alkyl halides is 3. The monoisotopic (exact) mass is 522 g/mol. The van der Waals surface area contributed by atoms with E-state index in [0.29, 0.717) is 17.9 Å². The van der Waals surface area contributed by atoms with E-state index in [-0.39, 0.29) is 21.6 Å². The van der Waals surface area contributed by atoms with Gasteiger partial charge < -0.3 is 16.0 Å². The standard InChI is InChI=1S/C23H25F3N6O3S/c1-2-32-21(35)18(36-22(32)17(11-27)20(34)29-14-23(24,25)26)12-28-15-6-5-7-16(10-15)30-19(33)13-31-8-3-4-9-31/h5-7,10,12,28H,2-4,8-9,13-14H2,1H3,(H,29,34)(H,30,33)/b18-12+,22-17-. The highest BCUT2D eigenvalue weighted by Gasteiger charge is 2.29. The zero-order valence-corrected chi connectivity index (χ0v) is 20.3. The highest BCUT2D eigenvalue weighted by atomic mass is 32.1. The number of nitrogens with one attached hydrogen (secondary N) is 3. The third-order valence-corrected chi connectivity index (χ3v) is 6.44. The molecule has 0 saturated carbocycles. The zero-order chi connectivity index (χ0) is 26.3. The van der Waals surface area contributed by atoms with Gasteiger partial charge in [-0.2, -0.15) is 18.4 Å². The van der Waals surface area contributed by atoms with Crippen LogP contribution in [0.3, 0.4) is 0 Å². The normalized spacial score (nSPS) is 15.4. The summed E-state index contributed by atoms with van der Waals surface area (Å²) in [5, 5.41) is 16.8. The van der Waals surface area contributed by atoms with Gasteiger partial charge in [0.05, 0.1) is 6.54 Å². The van der Waals surface area contributed by atoms with Crippen molar-refractivity contribution in [2.75, 3.05) is 36.8 Å². The average molecular weight is 523 g/mol. The van der Waals surface area contributed by atoms with Gasteiger partial charge in [0, 0.05) is 24.1 Å². The first-order chi connectivity index (χ1) is 17.1. The lowest BCUT2D eigenvalue weighted by molar-refractivity contribution is -0.135. The molecule has 0 atom stereocenters. The Hall–Kier alpha value is -3.63. The van der Waals surface area contributed by atoms with Crippen LogP contribution in [0, 0.1) is 11.3 Å². The number of amides is 2. The molecule has 0 bridgehead atoms. The minimum atomic E-state index is -4.64. The van der Waals surface area contributed by atoms with Crippen LogP contribution < -0.4 is 30.7 Å². The molecular formula is C23H25F3N6O3S. The van der Waals surface area contributed by atoms with Crippen LogP contribution in [0.2, 0.25) is 0 Å². The predicted octanol–water partition coefficient (Wildman–Crippen LogP) is 1.17. The Morgan fingerprint density at radius 2 is 1.92 bits per heavy atom. The number of benzene rings is 1. The minimum absolute atomic E-state index is 0.0411. The van der Waals surface area contributed by atoms with Gasteiger partial charge >= 0.3 is 6.18 Å². The van der Waals surface area contributed by atoms with Crippen LogP contribution in [0.5, 0.6) is 0 Å². The number of carbonyl (C=O) groups is 2. The van der Waals surface area contributed by atoms with Crippen molar-refractivity contribution in [3.63, 3.8) is 0 Å². The molecular weight excluding hydrogens is 497 g/mol. The molecule has 1 aromatic heterocycles. The fraction of sp³-hybridized carbons (Fsp3) is 0.391. The molecule has 0 radical (unpaired) electrons. The number of likely N-dealkylation sites (tertiary alicyclic amines) is 1. The van der Waals surface area contributed by atoms with Crippen LogP contribution in [-0.2, 0) is 16.1 Å². The number of anilines is 2. The summed E-state index contributed by atoms with van der Waals surface area (Å²) in [4.78, 5) is 39.3. The Balaban J connectivity index is 1.82. The van der Waals surface area contributed by atoms with Crippen molar-refractivity contribution in [1.29, 1.82) is 5.26 Å². The van der Waals surface area contributed by atoms with E-state index in [9.17, 15) is 32.8 Å². The molecule has 2 aromatic rings. The van der Waals surface area contributed by atoms with Gasteiger partial charge in [0.15, 0.2) is 5.57 Å². The summed E-state index contributed by atoms with van der Waals surface area (Å²) < 4.78 is 38.6. The first-order valence-electron chi connectivity index (χ1n) is 11.2. The first kappa shape index (κ1) is 27.0. The molecule has 2 amide bonds. The van der Waals surface area contributed by atoms with E-state index < -0.39 is 29.8 Å². The van der Waals surface area contributed by atoms with Gasteiger partial charge in [-0.1, -0.05) is 6.07 Å². The van der Waals surface area contributed by atoms with Crippen molar-refractivity contribution >= 4 is 46.3 Å². The van der Waals surface area contributed by atoms with E-state index in [4.69, 9.17) is 0 Å². The number of thiazole rings is 1. The fourth-order valence-corrected chi connectivity index (χ4v) is 4.72. The number of nitriles is 1. The van der Waals surface area contributed by atoms with Crippen LogP contribution in [0.15, 0.2) is 29.1 Å². The molecule has 0 spiro atoms.